The Morgan fingerprint density at radius 1 is 1.32 bits per heavy atom. The van der Waals surface area contributed by atoms with Crippen LogP contribution in [-0.2, 0) is 14.3 Å². The van der Waals surface area contributed by atoms with E-state index in [9.17, 15) is 9.59 Å². The second-order valence-corrected chi connectivity index (χ2v) is 4.53. The number of ether oxygens (including phenoxy) is 2. The zero-order valence-electron chi connectivity index (χ0n) is 11.2. The van der Waals surface area contributed by atoms with Crippen LogP contribution in [0.4, 0.5) is 0 Å². The Hall–Kier alpha value is -2.10. The van der Waals surface area contributed by atoms with E-state index in [4.69, 9.17) is 9.47 Å². The van der Waals surface area contributed by atoms with Crippen molar-refractivity contribution in [3.05, 3.63) is 41.2 Å². The molecule has 4 nitrogen and oxygen atoms in total. The summed E-state index contributed by atoms with van der Waals surface area (Å²) in [7, 11) is 1.60. The highest BCUT2D eigenvalue weighted by Crippen LogP contribution is 2.35. The number of allylic oxidation sites excluding steroid dienone is 2. The molecule has 1 heterocycles. The molecule has 0 spiro atoms. The first-order chi connectivity index (χ1) is 9.02. The number of hydrogen-bond donors (Lipinski definition) is 0. The fourth-order valence-electron chi connectivity index (χ4n) is 2.40. The van der Waals surface area contributed by atoms with Crippen LogP contribution < -0.4 is 4.74 Å². The fourth-order valence-corrected chi connectivity index (χ4v) is 2.40. The fraction of sp³-hybridized carbons (Fsp3) is 0.333. The zero-order chi connectivity index (χ0) is 14.0. The molecule has 0 bridgehead atoms. The maximum atomic E-state index is 11.7. The van der Waals surface area contributed by atoms with E-state index in [0.29, 0.717) is 11.3 Å². The Kier molecular flexibility index (Phi) is 3.69. The molecule has 0 aromatic heterocycles. The molecule has 0 fully saturated rings. The summed E-state index contributed by atoms with van der Waals surface area (Å²) in [4.78, 5) is 23.3. The Morgan fingerprint density at radius 3 is 2.47 bits per heavy atom. The number of carbonyl (C=O) groups is 2. The van der Waals surface area contributed by atoms with E-state index < -0.39 is 0 Å². The van der Waals surface area contributed by atoms with Gasteiger partial charge in [-0.05, 0) is 31.5 Å². The SMILES string of the molecule is COc1ccc([C@H]2CC(=O)OC(C)=C2C(C)=O)cc1. The molecule has 0 unspecified atom stereocenters. The summed E-state index contributed by atoms with van der Waals surface area (Å²) in [5.41, 5.74) is 1.49. The highest BCUT2D eigenvalue weighted by atomic mass is 16.5. The van der Waals surface area contributed by atoms with Crippen LogP contribution in [0.15, 0.2) is 35.6 Å². The maximum absolute atomic E-state index is 11.7. The van der Waals surface area contributed by atoms with E-state index in [1.54, 1.807) is 14.0 Å². The Balaban J connectivity index is 2.42. The van der Waals surface area contributed by atoms with Crippen LogP contribution in [-0.4, -0.2) is 18.9 Å². The largest absolute Gasteiger partial charge is 0.497 e. The van der Waals surface area contributed by atoms with Crippen molar-refractivity contribution in [3.63, 3.8) is 0 Å². The molecule has 1 aliphatic rings. The average Bonchev–Trinajstić information content (AvgIpc) is 2.37. The number of Topliss-reactive ketones (excluding diaryl/α,β-unsaturated/α-hetero) is 1. The molecule has 100 valence electrons. The number of benzene rings is 1. The lowest BCUT2D eigenvalue weighted by atomic mass is 9.84. The summed E-state index contributed by atoms with van der Waals surface area (Å²) in [5, 5.41) is 0. The van der Waals surface area contributed by atoms with Crippen molar-refractivity contribution in [1.29, 1.82) is 0 Å². The quantitative estimate of drug-likeness (QED) is 0.784. The first-order valence-electron chi connectivity index (χ1n) is 6.09. The number of carbonyl (C=O) groups excluding carboxylic acids is 2. The minimum absolute atomic E-state index is 0.0641. The summed E-state index contributed by atoms with van der Waals surface area (Å²) < 4.78 is 10.2. The van der Waals surface area contributed by atoms with Crippen LogP contribution in [0.2, 0.25) is 0 Å². The van der Waals surface area contributed by atoms with Crippen LogP contribution in [0.25, 0.3) is 0 Å². The van der Waals surface area contributed by atoms with Gasteiger partial charge < -0.3 is 9.47 Å². The van der Waals surface area contributed by atoms with Gasteiger partial charge in [0.15, 0.2) is 5.78 Å². The molecule has 0 aliphatic carbocycles. The Bertz CT molecular complexity index is 540. The second-order valence-electron chi connectivity index (χ2n) is 4.53. The van der Waals surface area contributed by atoms with Crippen LogP contribution in [0, 0.1) is 0 Å². The standard InChI is InChI=1S/C15H16O4/c1-9(16)15-10(2)19-14(17)8-13(15)11-4-6-12(18-3)7-5-11/h4-7,13H,8H2,1-3H3/t13-/m1/s1. The number of methoxy groups -OCH3 is 1. The predicted octanol–water partition coefficient (Wildman–Crippen LogP) is 2.59. The van der Waals surface area contributed by atoms with Gasteiger partial charge in [-0.3, -0.25) is 9.59 Å². The van der Waals surface area contributed by atoms with E-state index >= 15 is 0 Å². The van der Waals surface area contributed by atoms with Crippen molar-refractivity contribution in [3.8, 4) is 5.75 Å². The van der Waals surface area contributed by atoms with E-state index in [2.05, 4.69) is 0 Å². The minimum atomic E-state index is -0.302. The Labute approximate surface area is 112 Å². The van der Waals surface area contributed by atoms with Gasteiger partial charge in [-0.2, -0.15) is 0 Å². The molecule has 1 aromatic carbocycles. The summed E-state index contributed by atoms with van der Waals surface area (Å²) in [6.45, 7) is 3.15. The van der Waals surface area contributed by atoms with Gasteiger partial charge in [0.25, 0.3) is 0 Å². The van der Waals surface area contributed by atoms with Crippen LogP contribution in [0.5, 0.6) is 5.75 Å². The molecule has 0 saturated heterocycles. The van der Waals surface area contributed by atoms with Crippen LogP contribution >= 0.6 is 0 Å². The molecule has 1 atom stereocenters. The van der Waals surface area contributed by atoms with Crippen LogP contribution in [0.1, 0.15) is 31.7 Å². The molecule has 2 rings (SSSR count). The topological polar surface area (TPSA) is 52.6 Å². The first-order valence-corrected chi connectivity index (χ1v) is 6.09. The van der Waals surface area contributed by atoms with Crippen molar-refractivity contribution < 1.29 is 19.1 Å². The second kappa shape index (κ2) is 5.26. The van der Waals surface area contributed by atoms with E-state index in [1.807, 2.05) is 24.3 Å². The van der Waals surface area contributed by atoms with Crippen molar-refractivity contribution in [1.82, 2.24) is 0 Å². The Morgan fingerprint density at radius 2 is 1.95 bits per heavy atom. The third-order valence-corrected chi connectivity index (χ3v) is 3.26. The number of ketones is 1. The van der Waals surface area contributed by atoms with Gasteiger partial charge in [0.05, 0.1) is 13.5 Å². The highest BCUT2D eigenvalue weighted by molar-refractivity contribution is 5.97. The third-order valence-electron chi connectivity index (χ3n) is 3.26. The summed E-state index contributed by atoms with van der Waals surface area (Å²) in [5.74, 6) is 0.551. The maximum Gasteiger partial charge on any atom is 0.311 e. The van der Waals surface area contributed by atoms with E-state index in [-0.39, 0.29) is 24.1 Å². The molecule has 0 saturated carbocycles. The molecule has 0 radical (unpaired) electrons. The summed E-state index contributed by atoms with van der Waals surface area (Å²) in [6.07, 6.45) is 0.193. The average molecular weight is 260 g/mol. The van der Waals surface area contributed by atoms with Crippen molar-refractivity contribution in [2.24, 2.45) is 0 Å². The lowest BCUT2D eigenvalue weighted by Gasteiger charge is -2.25. The summed E-state index contributed by atoms with van der Waals surface area (Å²) in [6, 6.07) is 7.39. The van der Waals surface area contributed by atoms with Crippen LogP contribution in [0.3, 0.4) is 0 Å². The normalized spacial score (nSPS) is 19.1. The molecule has 0 N–H and O–H groups in total. The highest BCUT2D eigenvalue weighted by Gasteiger charge is 2.31. The van der Waals surface area contributed by atoms with E-state index in [0.717, 1.165) is 11.3 Å². The molecule has 0 amide bonds. The molecule has 19 heavy (non-hydrogen) atoms. The lowest BCUT2D eigenvalue weighted by Crippen LogP contribution is -2.23. The number of hydrogen-bond acceptors (Lipinski definition) is 4. The number of rotatable bonds is 3. The zero-order valence-corrected chi connectivity index (χ0v) is 11.2. The monoisotopic (exact) mass is 260 g/mol. The lowest BCUT2D eigenvalue weighted by molar-refractivity contribution is -0.141. The smallest absolute Gasteiger partial charge is 0.311 e. The summed E-state index contributed by atoms with van der Waals surface area (Å²) >= 11 is 0. The predicted molar refractivity (Wildman–Crippen MR) is 69.8 cm³/mol. The van der Waals surface area contributed by atoms with Gasteiger partial charge in [-0.15, -0.1) is 0 Å². The van der Waals surface area contributed by atoms with Gasteiger partial charge in [0.1, 0.15) is 11.5 Å². The molecule has 1 aliphatic heterocycles. The van der Waals surface area contributed by atoms with E-state index in [1.165, 1.54) is 6.92 Å². The molecular weight excluding hydrogens is 244 g/mol. The molecular formula is C15H16O4. The third kappa shape index (κ3) is 2.67. The van der Waals surface area contributed by atoms with Gasteiger partial charge >= 0.3 is 5.97 Å². The van der Waals surface area contributed by atoms with Gasteiger partial charge in [-0.1, -0.05) is 12.1 Å². The van der Waals surface area contributed by atoms with Crippen molar-refractivity contribution >= 4 is 11.8 Å². The number of esters is 1. The first kappa shape index (κ1) is 13.3. The van der Waals surface area contributed by atoms with Gasteiger partial charge in [-0.25, -0.2) is 0 Å². The van der Waals surface area contributed by atoms with Crippen molar-refractivity contribution in [2.45, 2.75) is 26.2 Å². The van der Waals surface area contributed by atoms with Gasteiger partial charge in [0.2, 0.25) is 0 Å². The van der Waals surface area contributed by atoms with Crippen molar-refractivity contribution in [2.75, 3.05) is 7.11 Å². The molecule has 1 aromatic rings. The van der Waals surface area contributed by atoms with Gasteiger partial charge in [0, 0.05) is 11.5 Å². The minimum Gasteiger partial charge on any atom is -0.497 e. The number of cyclic esters (lactones) is 1. The molecule has 4 heteroatoms.